The maximum Gasteiger partial charge on any atom is 0.409 e. The van der Waals surface area contributed by atoms with Crippen molar-refractivity contribution in [2.45, 2.75) is 26.7 Å². The zero-order valence-corrected chi connectivity index (χ0v) is 14.9. The van der Waals surface area contributed by atoms with Gasteiger partial charge in [-0.1, -0.05) is 26.0 Å². The van der Waals surface area contributed by atoms with Crippen LogP contribution in [0.25, 0.3) is 0 Å². The minimum Gasteiger partial charge on any atom is -0.450 e. The molecule has 1 heterocycles. The summed E-state index contributed by atoms with van der Waals surface area (Å²) in [4.78, 5) is 15.5. The highest BCUT2D eigenvalue weighted by atomic mass is 32.1. The smallest absolute Gasteiger partial charge is 0.409 e. The quantitative estimate of drug-likeness (QED) is 0.859. The lowest BCUT2D eigenvalue weighted by molar-refractivity contribution is 0.0923. The first-order valence-corrected chi connectivity index (χ1v) is 8.49. The van der Waals surface area contributed by atoms with Gasteiger partial charge in [-0.3, -0.25) is 0 Å². The summed E-state index contributed by atoms with van der Waals surface area (Å²) in [6, 6.07) is 8.34. The molecule has 6 heteroatoms. The summed E-state index contributed by atoms with van der Waals surface area (Å²) in [5.74, 6) is 0.520. The molecule has 1 fully saturated rings. The Morgan fingerprint density at radius 2 is 1.74 bits per heavy atom. The van der Waals surface area contributed by atoms with Crippen LogP contribution in [0.15, 0.2) is 24.3 Å². The molecule has 0 bridgehead atoms. The summed E-state index contributed by atoms with van der Waals surface area (Å²) in [5.41, 5.74) is 2.30. The van der Waals surface area contributed by atoms with Crippen LogP contribution < -0.4 is 5.32 Å². The Labute approximate surface area is 143 Å². The number of hydrogen-bond donors (Lipinski definition) is 1. The Morgan fingerprint density at radius 3 is 2.26 bits per heavy atom. The van der Waals surface area contributed by atoms with Gasteiger partial charge in [0.05, 0.1) is 6.61 Å². The van der Waals surface area contributed by atoms with E-state index >= 15 is 0 Å². The lowest BCUT2D eigenvalue weighted by Crippen LogP contribution is -2.51. The van der Waals surface area contributed by atoms with Crippen LogP contribution >= 0.6 is 12.2 Å². The van der Waals surface area contributed by atoms with Crippen molar-refractivity contribution < 1.29 is 9.53 Å². The number of nitrogens with one attached hydrogen (secondary N) is 1. The SMILES string of the molecule is CCOC(=O)N1CCN(C(=S)Nc2ccc(C(C)C)cc2)CC1. The first kappa shape index (κ1) is 17.5. The largest absolute Gasteiger partial charge is 0.450 e. The van der Waals surface area contributed by atoms with Crippen LogP contribution in [0.1, 0.15) is 32.3 Å². The number of amides is 1. The number of thiocarbonyl (C=S) groups is 1. The molecular formula is C17H25N3O2S. The molecule has 1 amide bonds. The number of ether oxygens (including phenoxy) is 1. The van der Waals surface area contributed by atoms with Crippen molar-refractivity contribution in [2.24, 2.45) is 0 Å². The van der Waals surface area contributed by atoms with E-state index in [0.29, 0.717) is 43.8 Å². The van der Waals surface area contributed by atoms with Crippen LogP contribution in [0.3, 0.4) is 0 Å². The summed E-state index contributed by atoms with van der Waals surface area (Å²) in [5, 5.41) is 3.97. The van der Waals surface area contributed by atoms with E-state index in [4.69, 9.17) is 17.0 Å². The molecular weight excluding hydrogens is 310 g/mol. The lowest BCUT2D eigenvalue weighted by atomic mass is 10.0. The number of piperazine rings is 1. The van der Waals surface area contributed by atoms with Gasteiger partial charge in [0.1, 0.15) is 0 Å². The molecule has 0 unspecified atom stereocenters. The van der Waals surface area contributed by atoms with E-state index in [0.717, 1.165) is 5.69 Å². The Morgan fingerprint density at radius 1 is 1.17 bits per heavy atom. The maximum absolute atomic E-state index is 11.7. The van der Waals surface area contributed by atoms with E-state index in [9.17, 15) is 4.79 Å². The average Bonchev–Trinajstić information content (AvgIpc) is 2.55. The zero-order chi connectivity index (χ0) is 16.8. The summed E-state index contributed by atoms with van der Waals surface area (Å²) in [7, 11) is 0. The molecule has 1 aliphatic rings. The molecule has 0 saturated carbocycles. The topological polar surface area (TPSA) is 44.8 Å². The Bertz CT molecular complexity index is 537. The monoisotopic (exact) mass is 335 g/mol. The normalized spacial score (nSPS) is 14.8. The minimum absolute atomic E-state index is 0.240. The molecule has 0 spiro atoms. The van der Waals surface area contributed by atoms with Gasteiger partial charge in [-0.2, -0.15) is 0 Å². The van der Waals surface area contributed by atoms with Crippen molar-refractivity contribution in [3.8, 4) is 0 Å². The van der Waals surface area contributed by atoms with Crippen molar-refractivity contribution in [1.29, 1.82) is 0 Å². The molecule has 1 N–H and O–H groups in total. The van der Waals surface area contributed by atoms with Crippen molar-refractivity contribution in [2.75, 3.05) is 38.1 Å². The van der Waals surface area contributed by atoms with Crippen LogP contribution in [-0.4, -0.2) is 53.8 Å². The van der Waals surface area contributed by atoms with Gasteiger partial charge in [0.2, 0.25) is 0 Å². The van der Waals surface area contributed by atoms with Gasteiger partial charge in [0.25, 0.3) is 0 Å². The standard InChI is InChI=1S/C17H25N3O2S/c1-4-22-17(21)20-11-9-19(10-12-20)16(23)18-15-7-5-14(6-8-15)13(2)3/h5-8,13H,4,9-12H2,1-3H3,(H,18,23). The number of benzene rings is 1. The Hall–Kier alpha value is -1.82. The summed E-state index contributed by atoms with van der Waals surface area (Å²) in [6.45, 7) is 9.28. The van der Waals surface area contributed by atoms with E-state index in [1.807, 2.05) is 6.92 Å². The summed E-state index contributed by atoms with van der Waals surface area (Å²) in [6.07, 6.45) is -0.240. The molecule has 23 heavy (non-hydrogen) atoms. The van der Waals surface area contributed by atoms with Gasteiger partial charge >= 0.3 is 6.09 Å². The van der Waals surface area contributed by atoms with Crippen molar-refractivity contribution in [3.05, 3.63) is 29.8 Å². The molecule has 126 valence electrons. The highest BCUT2D eigenvalue weighted by molar-refractivity contribution is 7.80. The van der Waals surface area contributed by atoms with E-state index in [1.54, 1.807) is 4.90 Å². The molecule has 0 aromatic heterocycles. The third kappa shape index (κ3) is 4.82. The van der Waals surface area contributed by atoms with Crippen LogP contribution in [0.4, 0.5) is 10.5 Å². The second kappa shape index (κ2) is 8.15. The van der Waals surface area contributed by atoms with Gasteiger partial charge in [-0.15, -0.1) is 0 Å². The van der Waals surface area contributed by atoms with Gasteiger partial charge in [0, 0.05) is 31.9 Å². The molecule has 1 aromatic rings. The number of hydrogen-bond acceptors (Lipinski definition) is 3. The molecule has 1 aromatic carbocycles. The number of carbonyl (C=O) groups is 1. The van der Waals surface area contributed by atoms with E-state index in [2.05, 4.69) is 48.3 Å². The third-order valence-corrected chi connectivity index (χ3v) is 4.28. The summed E-state index contributed by atoms with van der Waals surface area (Å²) < 4.78 is 5.02. The minimum atomic E-state index is -0.240. The number of rotatable bonds is 3. The van der Waals surface area contributed by atoms with Gasteiger partial charge in [0.15, 0.2) is 5.11 Å². The second-order valence-electron chi connectivity index (χ2n) is 5.88. The van der Waals surface area contributed by atoms with E-state index < -0.39 is 0 Å². The van der Waals surface area contributed by atoms with Gasteiger partial charge in [-0.25, -0.2) is 4.79 Å². The highest BCUT2D eigenvalue weighted by Gasteiger charge is 2.23. The maximum atomic E-state index is 11.7. The van der Waals surface area contributed by atoms with Gasteiger partial charge in [-0.05, 0) is 42.8 Å². The van der Waals surface area contributed by atoms with E-state index in [1.165, 1.54) is 5.56 Å². The highest BCUT2D eigenvalue weighted by Crippen LogP contribution is 2.17. The Kier molecular flexibility index (Phi) is 6.21. The van der Waals surface area contributed by atoms with Crippen LogP contribution in [0.2, 0.25) is 0 Å². The number of carbonyl (C=O) groups excluding carboxylic acids is 1. The molecule has 1 saturated heterocycles. The molecule has 5 nitrogen and oxygen atoms in total. The molecule has 1 aliphatic heterocycles. The van der Waals surface area contributed by atoms with Crippen molar-refractivity contribution >= 4 is 29.1 Å². The fourth-order valence-corrected chi connectivity index (χ4v) is 2.76. The second-order valence-corrected chi connectivity index (χ2v) is 6.27. The average molecular weight is 335 g/mol. The van der Waals surface area contributed by atoms with Gasteiger partial charge < -0.3 is 19.9 Å². The first-order chi connectivity index (χ1) is 11.0. The van der Waals surface area contributed by atoms with Crippen LogP contribution in [-0.2, 0) is 4.74 Å². The fraction of sp³-hybridized carbons (Fsp3) is 0.529. The predicted octanol–water partition coefficient (Wildman–Crippen LogP) is 3.28. The van der Waals surface area contributed by atoms with Crippen LogP contribution in [0.5, 0.6) is 0 Å². The molecule has 2 rings (SSSR count). The predicted molar refractivity (Wildman–Crippen MR) is 96.9 cm³/mol. The fourth-order valence-electron chi connectivity index (χ4n) is 2.46. The number of anilines is 1. The third-order valence-electron chi connectivity index (χ3n) is 3.92. The molecule has 0 aliphatic carbocycles. The molecule has 0 radical (unpaired) electrons. The van der Waals surface area contributed by atoms with Crippen LogP contribution in [0, 0.1) is 0 Å². The summed E-state index contributed by atoms with van der Waals surface area (Å²) >= 11 is 5.48. The first-order valence-electron chi connectivity index (χ1n) is 8.09. The molecule has 0 atom stereocenters. The number of nitrogens with zero attached hydrogens (tertiary/aromatic N) is 2. The van der Waals surface area contributed by atoms with Crippen molar-refractivity contribution in [3.63, 3.8) is 0 Å². The lowest BCUT2D eigenvalue weighted by Gasteiger charge is -2.35. The zero-order valence-electron chi connectivity index (χ0n) is 14.0. The van der Waals surface area contributed by atoms with E-state index in [-0.39, 0.29) is 6.09 Å². The Balaban J connectivity index is 1.84. The van der Waals surface area contributed by atoms with Crippen molar-refractivity contribution in [1.82, 2.24) is 9.80 Å².